The highest BCUT2D eigenvalue weighted by Crippen LogP contribution is 2.27. The second-order valence-electron chi connectivity index (χ2n) is 4.48. The summed E-state index contributed by atoms with van der Waals surface area (Å²) in [6, 6.07) is 2.09. The second-order valence-corrected chi connectivity index (χ2v) is 5.27. The molecule has 0 radical (unpaired) electrons. The van der Waals surface area contributed by atoms with Crippen molar-refractivity contribution in [3.05, 3.63) is 18.6 Å². The van der Waals surface area contributed by atoms with Crippen molar-refractivity contribution < 1.29 is 0 Å². The molecular formula is C11H15N3S. The lowest BCUT2D eigenvalue weighted by molar-refractivity contribution is 0.408. The lowest BCUT2D eigenvalue weighted by Crippen LogP contribution is -2.20. The summed E-state index contributed by atoms with van der Waals surface area (Å²) >= 11 is 1.66. The van der Waals surface area contributed by atoms with E-state index in [1.165, 1.54) is 0 Å². The summed E-state index contributed by atoms with van der Waals surface area (Å²) in [6.07, 6.45) is 5.76. The molecule has 0 spiro atoms. The van der Waals surface area contributed by atoms with Crippen LogP contribution in [0.4, 0.5) is 0 Å². The highest BCUT2D eigenvalue weighted by molar-refractivity contribution is 7.98. The minimum atomic E-state index is 0.0613. The van der Waals surface area contributed by atoms with E-state index in [1.807, 2.05) is 6.26 Å². The summed E-state index contributed by atoms with van der Waals surface area (Å²) in [4.78, 5) is 8.61. The van der Waals surface area contributed by atoms with Gasteiger partial charge in [-0.3, -0.25) is 0 Å². The van der Waals surface area contributed by atoms with Crippen LogP contribution in [0.2, 0.25) is 0 Å². The van der Waals surface area contributed by atoms with Gasteiger partial charge in [-0.15, -0.1) is 11.8 Å². The predicted octanol–water partition coefficient (Wildman–Crippen LogP) is 2.91. The maximum absolute atomic E-state index is 4.35. The van der Waals surface area contributed by atoms with Crippen molar-refractivity contribution in [1.82, 2.24) is 14.5 Å². The Morgan fingerprint density at radius 2 is 2.00 bits per heavy atom. The lowest BCUT2D eigenvalue weighted by Gasteiger charge is -2.21. The van der Waals surface area contributed by atoms with Gasteiger partial charge in [-0.1, -0.05) is 0 Å². The largest absolute Gasteiger partial charge is 0.327 e. The quantitative estimate of drug-likeness (QED) is 0.548. The van der Waals surface area contributed by atoms with Crippen LogP contribution in [0, 0.1) is 0 Å². The van der Waals surface area contributed by atoms with Gasteiger partial charge in [-0.2, -0.15) is 0 Å². The number of nitrogens with zero attached hydrogens (tertiary/aromatic N) is 3. The molecule has 2 rings (SSSR count). The van der Waals surface area contributed by atoms with Gasteiger partial charge in [0.1, 0.15) is 17.0 Å². The minimum absolute atomic E-state index is 0.0613. The first kappa shape index (κ1) is 10.5. The first-order chi connectivity index (χ1) is 7.04. The van der Waals surface area contributed by atoms with Crippen molar-refractivity contribution in [2.24, 2.45) is 0 Å². The number of aromatic nitrogens is 3. The van der Waals surface area contributed by atoms with Gasteiger partial charge in [0.2, 0.25) is 0 Å². The Balaban J connectivity index is 2.72. The first-order valence-electron chi connectivity index (χ1n) is 4.90. The molecular weight excluding hydrogens is 206 g/mol. The highest BCUT2D eigenvalue weighted by atomic mass is 32.2. The monoisotopic (exact) mass is 221 g/mol. The molecule has 0 aliphatic carbocycles. The van der Waals surface area contributed by atoms with Crippen LogP contribution < -0.4 is 0 Å². The summed E-state index contributed by atoms with van der Waals surface area (Å²) in [6.45, 7) is 6.52. The van der Waals surface area contributed by atoms with Crippen LogP contribution in [0.5, 0.6) is 0 Å². The smallest absolute Gasteiger partial charge is 0.144 e. The predicted molar refractivity (Wildman–Crippen MR) is 64.3 cm³/mol. The Labute approximate surface area is 93.9 Å². The summed E-state index contributed by atoms with van der Waals surface area (Å²) in [5.41, 5.74) is 1.08. The molecule has 0 unspecified atom stereocenters. The van der Waals surface area contributed by atoms with E-state index in [-0.39, 0.29) is 5.54 Å². The van der Waals surface area contributed by atoms with Gasteiger partial charge in [0.05, 0.1) is 5.39 Å². The SMILES string of the molecule is CSc1ncnc2c1ccn2C(C)(C)C. The minimum Gasteiger partial charge on any atom is -0.327 e. The summed E-state index contributed by atoms with van der Waals surface area (Å²) in [7, 11) is 0. The fraction of sp³-hybridized carbons (Fsp3) is 0.455. The maximum atomic E-state index is 4.35. The van der Waals surface area contributed by atoms with Crippen LogP contribution in [-0.4, -0.2) is 20.8 Å². The lowest BCUT2D eigenvalue weighted by atomic mass is 10.1. The molecule has 0 aromatic carbocycles. The standard InChI is InChI=1S/C11H15N3S/c1-11(2,3)14-6-5-8-9(14)12-7-13-10(8)15-4/h5-7H,1-4H3. The van der Waals surface area contributed by atoms with E-state index >= 15 is 0 Å². The van der Waals surface area contributed by atoms with Crippen molar-refractivity contribution in [2.75, 3.05) is 6.26 Å². The molecule has 0 fully saturated rings. The van der Waals surface area contributed by atoms with Crippen molar-refractivity contribution in [3.63, 3.8) is 0 Å². The van der Waals surface area contributed by atoms with E-state index in [0.717, 1.165) is 16.1 Å². The summed E-state index contributed by atoms with van der Waals surface area (Å²) < 4.78 is 2.18. The van der Waals surface area contributed by atoms with Crippen molar-refractivity contribution >= 4 is 22.8 Å². The molecule has 0 amide bonds. The average molecular weight is 221 g/mol. The zero-order valence-electron chi connectivity index (χ0n) is 9.48. The highest BCUT2D eigenvalue weighted by Gasteiger charge is 2.17. The van der Waals surface area contributed by atoms with E-state index in [1.54, 1.807) is 18.1 Å². The molecule has 15 heavy (non-hydrogen) atoms. The second kappa shape index (κ2) is 3.52. The molecule has 0 saturated carbocycles. The number of hydrogen-bond donors (Lipinski definition) is 0. The zero-order chi connectivity index (χ0) is 11.1. The zero-order valence-corrected chi connectivity index (χ0v) is 10.3. The average Bonchev–Trinajstić information content (AvgIpc) is 2.59. The number of thioether (sulfide) groups is 1. The third-order valence-corrected chi connectivity index (χ3v) is 3.07. The van der Waals surface area contributed by atoms with E-state index < -0.39 is 0 Å². The molecule has 2 aromatic rings. The van der Waals surface area contributed by atoms with Gasteiger partial charge in [-0.05, 0) is 33.1 Å². The van der Waals surface area contributed by atoms with Gasteiger partial charge in [-0.25, -0.2) is 9.97 Å². The van der Waals surface area contributed by atoms with Crippen molar-refractivity contribution in [1.29, 1.82) is 0 Å². The van der Waals surface area contributed by atoms with Crippen LogP contribution in [0.25, 0.3) is 11.0 Å². The first-order valence-corrected chi connectivity index (χ1v) is 6.13. The molecule has 3 nitrogen and oxygen atoms in total. The number of rotatable bonds is 1. The van der Waals surface area contributed by atoms with Crippen LogP contribution in [0.15, 0.2) is 23.6 Å². The van der Waals surface area contributed by atoms with Gasteiger partial charge in [0.25, 0.3) is 0 Å². The Morgan fingerprint density at radius 3 is 2.60 bits per heavy atom. The molecule has 2 heterocycles. The van der Waals surface area contributed by atoms with Crippen LogP contribution >= 0.6 is 11.8 Å². The third kappa shape index (κ3) is 1.74. The molecule has 0 atom stereocenters. The van der Waals surface area contributed by atoms with Gasteiger partial charge in [0, 0.05) is 11.7 Å². The topological polar surface area (TPSA) is 30.7 Å². The maximum Gasteiger partial charge on any atom is 0.144 e. The molecule has 0 saturated heterocycles. The van der Waals surface area contributed by atoms with Crippen LogP contribution in [0.1, 0.15) is 20.8 Å². The van der Waals surface area contributed by atoms with E-state index in [4.69, 9.17) is 0 Å². The van der Waals surface area contributed by atoms with Crippen molar-refractivity contribution in [2.45, 2.75) is 31.3 Å². The molecule has 0 aliphatic rings. The third-order valence-electron chi connectivity index (χ3n) is 2.36. The Bertz CT molecular complexity index is 482. The number of hydrogen-bond acceptors (Lipinski definition) is 3. The van der Waals surface area contributed by atoms with E-state index in [9.17, 15) is 0 Å². The van der Waals surface area contributed by atoms with Gasteiger partial charge >= 0.3 is 0 Å². The van der Waals surface area contributed by atoms with E-state index in [0.29, 0.717) is 0 Å². The molecule has 0 bridgehead atoms. The van der Waals surface area contributed by atoms with Gasteiger partial charge < -0.3 is 4.57 Å². The van der Waals surface area contributed by atoms with Crippen molar-refractivity contribution in [3.8, 4) is 0 Å². The summed E-state index contributed by atoms with van der Waals surface area (Å²) in [5.74, 6) is 0. The molecule has 0 N–H and O–H groups in total. The summed E-state index contributed by atoms with van der Waals surface area (Å²) in [5, 5.41) is 2.18. The molecule has 80 valence electrons. The normalized spacial score (nSPS) is 12.3. The Hall–Kier alpha value is -1.03. The fourth-order valence-electron chi connectivity index (χ4n) is 1.63. The van der Waals surface area contributed by atoms with Gasteiger partial charge in [0.15, 0.2) is 0 Å². The molecule has 4 heteroatoms. The van der Waals surface area contributed by atoms with E-state index in [2.05, 4.69) is 47.6 Å². The van der Waals surface area contributed by atoms with Crippen LogP contribution in [-0.2, 0) is 5.54 Å². The molecule has 2 aromatic heterocycles. The Morgan fingerprint density at radius 1 is 1.27 bits per heavy atom. The van der Waals surface area contributed by atoms with Crippen LogP contribution in [0.3, 0.4) is 0 Å². The fourth-order valence-corrected chi connectivity index (χ4v) is 2.16. The number of fused-ring (bicyclic) bond motifs is 1. The Kier molecular flexibility index (Phi) is 2.46. The molecule has 0 aliphatic heterocycles.